The number of methoxy groups -OCH3 is 1. The summed E-state index contributed by atoms with van der Waals surface area (Å²) >= 11 is 0. The normalized spacial score (nSPS) is 10.0. The van der Waals surface area contributed by atoms with Crippen LogP contribution in [0.2, 0.25) is 0 Å². The van der Waals surface area contributed by atoms with Crippen molar-refractivity contribution in [3.8, 4) is 5.75 Å². The summed E-state index contributed by atoms with van der Waals surface area (Å²) < 4.78 is 4.79. The Balaban J connectivity index is 2.54. The maximum absolute atomic E-state index is 11.9. The smallest absolute Gasteiger partial charge is 0.276 e. The highest BCUT2D eigenvalue weighted by Gasteiger charge is 2.18. The van der Waals surface area contributed by atoms with Crippen LogP contribution in [0.15, 0.2) is 18.3 Å². The molecule has 7 heteroatoms. The molecule has 1 heterocycles. The molecule has 104 valence electrons. The number of carbonyl (C=O) groups is 2. The first-order valence-electron chi connectivity index (χ1n) is 5.71. The highest BCUT2D eigenvalue weighted by molar-refractivity contribution is 5.96. The number of aromatic nitrogens is 1. The van der Waals surface area contributed by atoms with Crippen LogP contribution in [0.1, 0.15) is 10.5 Å². The molecule has 0 aliphatic rings. The first-order chi connectivity index (χ1) is 9.06. The lowest BCUT2D eigenvalue weighted by atomic mass is 10.3. The summed E-state index contributed by atoms with van der Waals surface area (Å²) in [5, 5.41) is 12.1. The van der Waals surface area contributed by atoms with E-state index >= 15 is 0 Å². The van der Waals surface area contributed by atoms with Crippen LogP contribution in [0.5, 0.6) is 5.75 Å². The molecule has 2 amide bonds. The van der Waals surface area contributed by atoms with Crippen LogP contribution in [-0.2, 0) is 9.53 Å². The zero-order valence-corrected chi connectivity index (χ0v) is 10.9. The van der Waals surface area contributed by atoms with E-state index in [9.17, 15) is 14.7 Å². The number of ether oxygens (including phenoxy) is 1. The third kappa shape index (κ3) is 4.55. The monoisotopic (exact) mass is 267 g/mol. The van der Waals surface area contributed by atoms with Crippen LogP contribution < -0.4 is 5.32 Å². The average Bonchev–Trinajstić information content (AvgIpc) is 2.38. The van der Waals surface area contributed by atoms with Gasteiger partial charge in [0.1, 0.15) is 5.75 Å². The van der Waals surface area contributed by atoms with Gasteiger partial charge in [0.15, 0.2) is 5.69 Å². The Morgan fingerprint density at radius 1 is 1.53 bits per heavy atom. The molecule has 0 fully saturated rings. The molecular weight excluding hydrogens is 250 g/mol. The van der Waals surface area contributed by atoms with Crippen LogP contribution in [0.3, 0.4) is 0 Å². The average molecular weight is 267 g/mol. The molecule has 1 aromatic heterocycles. The van der Waals surface area contributed by atoms with Gasteiger partial charge in [-0.25, -0.2) is 4.98 Å². The molecule has 1 aromatic rings. The number of rotatable bonds is 6. The van der Waals surface area contributed by atoms with Crippen molar-refractivity contribution < 1.29 is 19.4 Å². The van der Waals surface area contributed by atoms with Gasteiger partial charge in [-0.05, 0) is 12.1 Å². The highest BCUT2D eigenvalue weighted by atomic mass is 16.5. The van der Waals surface area contributed by atoms with E-state index in [2.05, 4.69) is 10.3 Å². The predicted octanol–water partition coefficient (Wildman–Crippen LogP) is -0.378. The van der Waals surface area contributed by atoms with Gasteiger partial charge in [0.2, 0.25) is 5.91 Å². The fourth-order valence-electron chi connectivity index (χ4n) is 1.38. The second-order valence-corrected chi connectivity index (χ2v) is 3.88. The zero-order valence-electron chi connectivity index (χ0n) is 10.9. The number of pyridine rings is 1. The minimum Gasteiger partial charge on any atom is -0.505 e. The van der Waals surface area contributed by atoms with Crippen molar-refractivity contribution in [3.05, 3.63) is 24.0 Å². The minimum atomic E-state index is -0.514. The van der Waals surface area contributed by atoms with Crippen molar-refractivity contribution in [2.45, 2.75) is 0 Å². The van der Waals surface area contributed by atoms with Crippen molar-refractivity contribution in [3.63, 3.8) is 0 Å². The number of hydrogen-bond acceptors (Lipinski definition) is 5. The Morgan fingerprint density at radius 2 is 2.26 bits per heavy atom. The molecule has 0 saturated carbocycles. The van der Waals surface area contributed by atoms with Gasteiger partial charge in [-0.2, -0.15) is 0 Å². The van der Waals surface area contributed by atoms with E-state index in [-0.39, 0.29) is 23.9 Å². The number of amides is 2. The Labute approximate surface area is 111 Å². The molecule has 0 atom stereocenters. The fraction of sp³-hybridized carbons (Fsp3) is 0.417. The summed E-state index contributed by atoms with van der Waals surface area (Å²) in [4.78, 5) is 28.4. The van der Waals surface area contributed by atoms with Gasteiger partial charge in [0.05, 0.1) is 13.2 Å². The maximum atomic E-state index is 11.9. The Morgan fingerprint density at radius 3 is 2.89 bits per heavy atom. The van der Waals surface area contributed by atoms with Gasteiger partial charge in [-0.15, -0.1) is 0 Å². The van der Waals surface area contributed by atoms with E-state index in [1.54, 1.807) is 0 Å². The van der Waals surface area contributed by atoms with Gasteiger partial charge in [-0.1, -0.05) is 0 Å². The number of carbonyl (C=O) groups excluding carboxylic acids is 2. The summed E-state index contributed by atoms with van der Waals surface area (Å²) in [6.45, 7) is 0.676. The molecule has 0 unspecified atom stereocenters. The van der Waals surface area contributed by atoms with E-state index in [1.807, 2.05) is 0 Å². The number of nitrogens with zero attached hydrogens (tertiary/aromatic N) is 2. The van der Waals surface area contributed by atoms with Crippen molar-refractivity contribution in [1.82, 2.24) is 15.2 Å². The molecule has 2 N–H and O–H groups in total. The van der Waals surface area contributed by atoms with Crippen LogP contribution in [0.4, 0.5) is 0 Å². The molecule has 0 aromatic carbocycles. The van der Waals surface area contributed by atoms with E-state index in [1.165, 1.54) is 37.4 Å². The predicted molar refractivity (Wildman–Crippen MR) is 67.7 cm³/mol. The molecule has 0 spiro atoms. The van der Waals surface area contributed by atoms with Gasteiger partial charge in [0.25, 0.3) is 5.91 Å². The lowest BCUT2D eigenvalue weighted by Gasteiger charge is -2.16. The minimum absolute atomic E-state index is 0.0744. The summed E-state index contributed by atoms with van der Waals surface area (Å²) in [7, 11) is 3.00. The largest absolute Gasteiger partial charge is 0.505 e. The Bertz CT molecular complexity index is 450. The van der Waals surface area contributed by atoms with Crippen molar-refractivity contribution >= 4 is 11.8 Å². The van der Waals surface area contributed by atoms with Crippen LogP contribution in [0, 0.1) is 0 Å². The second kappa shape index (κ2) is 7.32. The second-order valence-electron chi connectivity index (χ2n) is 3.88. The molecule has 0 radical (unpaired) electrons. The van der Waals surface area contributed by atoms with Crippen LogP contribution in [0.25, 0.3) is 0 Å². The van der Waals surface area contributed by atoms with Crippen molar-refractivity contribution in [1.29, 1.82) is 0 Å². The van der Waals surface area contributed by atoms with Crippen LogP contribution >= 0.6 is 0 Å². The first-order valence-corrected chi connectivity index (χ1v) is 5.71. The molecule has 1 rings (SSSR count). The fourth-order valence-corrected chi connectivity index (χ4v) is 1.38. The Hall–Kier alpha value is -2.15. The van der Waals surface area contributed by atoms with Gasteiger partial charge in [0, 0.05) is 26.9 Å². The third-order valence-corrected chi connectivity index (χ3v) is 2.34. The van der Waals surface area contributed by atoms with Gasteiger partial charge < -0.3 is 20.1 Å². The highest BCUT2D eigenvalue weighted by Crippen LogP contribution is 2.14. The topological polar surface area (TPSA) is 91.8 Å². The summed E-state index contributed by atoms with van der Waals surface area (Å²) in [6.07, 6.45) is 1.40. The molecule has 19 heavy (non-hydrogen) atoms. The summed E-state index contributed by atoms with van der Waals surface area (Å²) in [5.74, 6) is -1.03. The van der Waals surface area contributed by atoms with E-state index in [0.29, 0.717) is 13.2 Å². The van der Waals surface area contributed by atoms with E-state index in [4.69, 9.17) is 4.74 Å². The lowest BCUT2D eigenvalue weighted by molar-refractivity contribution is -0.121. The first kappa shape index (κ1) is 14.9. The molecule has 0 aliphatic carbocycles. The van der Waals surface area contributed by atoms with E-state index in [0.717, 1.165) is 0 Å². The number of hydrogen-bond donors (Lipinski definition) is 2. The standard InChI is InChI=1S/C12H17N3O4/c1-15(8-10(17)13-6-7-19-2)12(18)11-9(16)4-3-5-14-11/h3-5,16H,6-8H2,1-2H3,(H,13,17). The third-order valence-electron chi connectivity index (χ3n) is 2.34. The SMILES string of the molecule is COCCNC(=O)CN(C)C(=O)c1ncccc1O. The zero-order chi connectivity index (χ0) is 14.3. The Kier molecular flexibility index (Phi) is 5.74. The van der Waals surface area contributed by atoms with Gasteiger partial charge in [-0.3, -0.25) is 9.59 Å². The number of aromatic hydroxyl groups is 1. The van der Waals surface area contributed by atoms with Gasteiger partial charge >= 0.3 is 0 Å². The van der Waals surface area contributed by atoms with Crippen LogP contribution in [-0.4, -0.2) is 60.7 Å². The van der Waals surface area contributed by atoms with E-state index < -0.39 is 5.91 Å². The summed E-state index contributed by atoms with van der Waals surface area (Å²) in [5.41, 5.74) is -0.0744. The number of nitrogens with one attached hydrogen (secondary N) is 1. The van der Waals surface area contributed by atoms with Crippen molar-refractivity contribution in [2.24, 2.45) is 0 Å². The molecular formula is C12H17N3O4. The molecule has 7 nitrogen and oxygen atoms in total. The van der Waals surface area contributed by atoms with Crippen molar-refractivity contribution in [2.75, 3.05) is 33.9 Å². The number of likely N-dealkylation sites (N-methyl/N-ethyl adjacent to an activating group) is 1. The lowest BCUT2D eigenvalue weighted by Crippen LogP contribution is -2.39. The molecule has 0 saturated heterocycles. The maximum Gasteiger partial charge on any atom is 0.276 e. The molecule has 0 bridgehead atoms. The quantitative estimate of drug-likeness (QED) is 0.686. The molecule has 0 aliphatic heterocycles. The summed E-state index contributed by atoms with van der Waals surface area (Å²) in [6, 6.07) is 2.89.